The molecule has 0 bridgehead atoms. The lowest BCUT2D eigenvalue weighted by Crippen LogP contribution is -2.06. The van der Waals surface area contributed by atoms with Gasteiger partial charge in [0.25, 0.3) is 0 Å². The van der Waals surface area contributed by atoms with Gasteiger partial charge < -0.3 is 10.2 Å². The molecule has 3 rings (SSSR count). The van der Waals surface area contributed by atoms with E-state index in [1.54, 1.807) is 0 Å². The Morgan fingerprint density at radius 3 is 1.37 bits per heavy atom. The summed E-state index contributed by atoms with van der Waals surface area (Å²) in [5.41, 5.74) is -1.30. The van der Waals surface area contributed by atoms with Crippen molar-refractivity contribution in [3.63, 3.8) is 0 Å². The molecule has 10 heteroatoms. The Hall–Kier alpha value is -4.60. The van der Waals surface area contributed by atoms with Gasteiger partial charge in [0.1, 0.15) is 0 Å². The lowest BCUT2D eigenvalue weighted by atomic mass is 9.97. The molecule has 0 aliphatic carbocycles. The van der Waals surface area contributed by atoms with Crippen LogP contribution < -0.4 is 0 Å². The van der Waals surface area contributed by atoms with Gasteiger partial charge in [-0.2, -0.15) is 0 Å². The number of carbonyl (C=O) groups is 2. The van der Waals surface area contributed by atoms with Crippen LogP contribution in [0.1, 0.15) is 31.8 Å². The minimum atomic E-state index is -0.830. The highest BCUT2D eigenvalue weighted by molar-refractivity contribution is 6.13. The third kappa shape index (κ3) is 3.83. The number of aromatic hydroxyl groups is 2. The highest BCUT2D eigenvalue weighted by Gasteiger charge is 2.21. The molecule has 3 aromatic carbocycles. The fraction of sp³-hybridized carbons (Fsp3) is 0. The van der Waals surface area contributed by atoms with E-state index in [1.165, 1.54) is 36.4 Å². The van der Waals surface area contributed by atoms with Crippen molar-refractivity contribution in [1.29, 1.82) is 0 Å². The van der Waals surface area contributed by atoms with Crippen LogP contribution in [0.4, 0.5) is 11.4 Å². The van der Waals surface area contributed by atoms with E-state index in [1.807, 2.05) is 0 Å². The van der Waals surface area contributed by atoms with Crippen LogP contribution in [-0.2, 0) is 0 Å². The van der Waals surface area contributed by atoms with Gasteiger partial charge in [-0.3, -0.25) is 29.8 Å². The van der Waals surface area contributed by atoms with Crippen LogP contribution in [0.15, 0.2) is 60.7 Å². The number of carbonyl (C=O) groups excluding carboxylic acids is 2. The third-order valence-corrected chi connectivity index (χ3v) is 4.26. The Balaban J connectivity index is 1.97. The lowest BCUT2D eigenvalue weighted by Gasteiger charge is -2.06. The molecular formula is C20H12N2O8. The van der Waals surface area contributed by atoms with Crippen molar-refractivity contribution in [2.75, 3.05) is 0 Å². The first-order chi connectivity index (χ1) is 14.2. The van der Waals surface area contributed by atoms with Crippen molar-refractivity contribution in [2.45, 2.75) is 0 Å². The van der Waals surface area contributed by atoms with Gasteiger partial charge >= 0.3 is 11.4 Å². The van der Waals surface area contributed by atoms with Crippen LogP contribution in [0.5, 0.6) is 11.5 Å². The average molecular weight is 408 g/mol. The monoisotopic (exact) mass is 408 g/mol. The van der Waals surface area contributed by atoms with Crippen LogP contribution >= 0.6 is 0 Å². The minimum absolute atomic E-state index is 0.0501. The van der Waals surface area contributed by atoms with E-state index in [0.29, 0.717) is 0 Å². The number of nitrogens with zero attached hydrogens (tertiary/aromatic N) is 2. The Morgan fingerprint density at radius 2 is 1.00 bits per heavy atom. The molecule has 0 fully saturated rings. The Kier molecular flexibility index (Phi) is 5.23. The lowest BCUT2D eigenvalue weighted by molar-refractivity contribution is -0.386. The first-order valence-electron chi connectivity index (χ1n) is 8.33. The predicted octanol–water partition coefficient (Wildman–Crippen LogP) is 3.38. The molecule has 0 aliphatic rings. The molecule has 0 spiro atoms. The van der Waals surface area contributed by atoms with Crippen LogP contribution in [0, 0.1) is 20.2 Å². The molecule has 2 N–H and O–H groups in total. The van der Waals surface area contributed by atoms with Crippen LogP contribution in [0.3, 0.4) is 0 Å². The molecule has 0 heterocycles. The molecule has 0 aromatic heterocycles. The third-order valence-electron chi connectivity index (χ3n) is 4.26. The van der Waals surface area contributed by atoms with Crippen molar-refractivity contribution < 1.29 is 29.6 Å². The number of benzene rings is 3. The number of phenols is 2. The summed E-state index contributed by atoms with van der Waals surface area (Å²) in [6.45, 7) is 0. The van der Waals surface area contributed by atoms with Crippen LogP contribution in [-0.4, -0.2) is 31.6 Å². The quantitative estimate of drug-likeness (QED) is 0.356. The molecule has 0 saturated carbocycles. The Morgan fingerprint density at radius 1 is 0.633 bits per heavy atom. The normalized spacial score (nSPS) is 10.4. The van der Waals surface area contributed by atoms with Gasteiger partial charge in [0, 0.05) is 34.4 Å². The second-order valence-electron chi connectivity index (χ2n) is 6.16. The highest BCUT2D eigenvalue weighted by atomic mass is 16.6. The second kappa shape index (κ2) is 7.80. The van der Waals surface area contributed by atoms with E-state index in [2.05, 4.69) is 0 Å². The van der Waals surface area contributed by atoms with Crippen LogP contribution in [0.25, 0.3) is 0 Å². The molecule has 0 saturated heterocycles. The highest BCUT2D eigenvalue weighted by Crippen LogP contribution is 2.29. The largest absolute Gasteiger partial charge is 0.502 e. The van der Waals surface area contributed by atoms with Gasteiger partial charge in [-0.25, -0.2) is 0 Å². The van der Waals surface area contributed by atoms with Crippen molar-refractivity contribution in [3.8, 4) is 11.5 Å². The number of rotatable bonds is 6. The SMILES string of the molecule is O=C(c1cccc(C(=O)c2ccc(O)c([N+](=O)[O-])c2)c1)c1ccc(O)c([N+](=O)[O-])c1. The number of nitro benzene ring substituents is 2. The fourth-order valence-electron chi connectivity index (χ4n) is 2.76. The van der Waals surface area contributed by atoms with E-state index in [-0.39, 0.29) is 22.3 Å². The topological polar surface area (TPSA) is 161 Å². The molecule has 0 aliphatic heterocycles. The Labute approximate surface area is 167 Å². The van der Waals surface area contributed by atoms with Gasteiger partial charge in [0.2, 0.25) is 0 Å². The Bertz CT molecular complexity index is 1130. The summed E-state index contributed by atoms with van der Waals surface area (Å²) in [7, 11) is 0. The van der Waals surface area contributed by atoms with E-state index >= 15 is 0 Å². The molecule has 0 unspecified atom stereocenters. The summed E-state index contributed by atoms with van der Waals surface area (Å²) in [6.07, 6.45) is 0. The minimum Gasteiger partial charge on any atom is -0.502 e. The maximum absolute atomic E-state index is 12.7. The summed E-state index contributed by atoms with van der Waals surface area (Å²) >= 11 is 0. The predicted molar refractivity (Wildman–Crippen MR) is 103 cm³/mol. The zero-order valence-electron chi connectivity index (χ0n) is 15.0. The summed E-state index contributed by atoms with van der Waals surface area (Å²) in [5, 5.41) is 40.9. The molecule has 3 aromatic rings. The number of phenolic OH excluding ortho intramolecular Hbond substituents is 2. The van der Waals surface area contributed by atoms with Crippen molar-refractivity contribution in [3.05, 3.63) is 103 Å². The molecular weight excluding hydrogens is 396 g/mol. The van der Waals surface area contributed by atoms with Gasteiger partial charge in [-0.15, -0.1) is 0 Å². The summed E-state index contributed by atoms with van der Waals surface area (Å²) in [5.74, 6) is -2.42. The van der Waals surface area contributed by atoms with E-state index in [4.69, 9.17) is 0 Å². The molecule has 0 atom stereocenters. The number of hydrogen-bond acceptors (Lipinski definition) is 8. The van der Waals surface area contributed by atoms with Crippen molar-refractivity contribution >= 4 is 22.9 Å². The van der Waals surface area contributed by atoms with E-state index < -0.39 is 44.3 Å². The second-order valence-corrected chi connectivity index (χ2v) is 6.16. The van der Waals surface area contributed by atoms with Gasteiger partial charge in [0.05, 0.1) is 9.85 Å². The smallest absolute Gasteiger partial charge is 0.311 e. The maximum Gasteiger partial charge on any atom is 0.311 e. The molecule has 0 amide bonds. The van der Waals surface area contributed by atoms with Gasteiger partial charge in [-0.05, 0) is 30.3 Å². The number of ketones is 2. The van der Waals surface area contributed by atoms with Crippen LogP contribution in [0.2, 0.25) is 0 Å². The first-order valence-corrected chi connectivity index (χ1v) is 8.33. The van der Waals surface area contributed by atoms with Crippen molar-refractivity contribution in [1.82, 2.24) is 0 Å². The molecule has 30 heavy (non-hydrogen) atoms. The average Bonchev–Trinajstić information content (AvgIpc) is 2.73. The zero-order chi connectivity index (χ0) is 22.0. The zero-order valence-corrected chi connectivity index (χ0v) is 15.0. The van der Waals surface area contributed by atoms with E-state index in [9.17, 15) is 40.0 Å². The summed E-state index contributed by atoms with van der Waals surface area (Å²) in [6, 6.07) is 11.8. The number of nitro groups is 2. The van der Waals surface area contributed by atoms with E-state index in [0.717, 1.165) is 24.3 Å². The standard InChI is InChI=1S/C20H12N2O8/c23-17-6-4-13(9-15(17)21(27)28)19(25)11-2-1-3-12(8-11)20(26)14-5-7-18(24)16(10-14)22(29)30/h1-10,23-24H. The number of hydrogen-bond donors (Lipinski definition) is 2. The molecule has 10 nitrogen and oxygen atoms in total. The first kappa shape index (κ1) is 20.1. The van der Waals surface area contributed by atoms with Gasteiger partial charge in [-0.1, -0.05) is 18.2 Å². The summed E-state index contributed by atoms with van der Waals surface area (Å²) < 4.78 is 0. The summed E-state index contributed by atoms with van der Waals surface area (Å²) in [4.78, 5) is 45.6. The maximum atomic E-state index is 12.7. The molecule has 0 radical (unpaired) electrons. The fourth-order valence-corrected chi connectivity index (χ4v) is 2.76. The van der Waals surface area contributed by atoms with Crippen molar-refractivity contribution in [2.24, 2.45) is 0 Å². The van der Waals surface area contributed by atoms with Gasteiger partial charge in [0.15, 0.2) is 23.1 Å². The molecule has 150 valence electrons.